The Morgan fingerprint density at radius 1 is 1.09 bits per heavy atom. The molecule has 16 heteroatoms. The summed E-state index contributed by atoms with van der Waals surface area (Å²) in [5, 5.41) is 0. The van der Waals surface area contributed by atoms with E-state index in [2.05, 4.69) is 15.0 Å². The van der Waals surface area contributed by atoms with Gasteiger partial charge in [0, 0.05) is 0 Å². The van der Waals surface area contributed by atoms with Gasteiger partial charge in [0.05, 0.1) is 18.5 Å². The molecule has 2 aromatic heterocycles. The number of carbonyl (C=O) groups excluding carboxylic acids is 1. The van der Waals surface area contributed by atoms with Gasteiger partial charge in [-0.1, -0.05) is 42.5 Å². The number of ether oxygens (including phenoxy) is 4. The Morgan fingerprint density at radius 3 is 2.57 bits per heavy atom. The monoisotopic (exact) mass is 630 g/mol. The molecule has 0 spiro atoms. The summed E-state index contributed by atoms with van der Waals surface area (Å²) in [5.74, 6) is -3.20. The first-order chi connectivity index (χ1) is 20.9. The van der Waals surface area contributed by atoms with E-state index in [4.69, 9.17) is 29.2 Å². The van der Waals surface area contributed by atoms with Crippen LogP contribution in [0.3, 0.4) is 0 Å². The van der Waals surface area contributed by atoms with Crippen molar-refractivity contribution in [2.45, 2.75) is 56.4 Å². The number of aromatic nitrogens is 4. The Labute approximate surface area is 249 Å². The molecule has 0 radical (unpaired) electrons. The van der Waals surface area contributed by atoms with Gasteiger partial charge in [-0.15, -0.1) is 0 Å². The summed E-state index contributed by atoms with van der Waals surface area (Å²) in [6.45, 7) is 2.34. The number of rotatable bonds is 10. The second-order valence-electron chi connectivity index (χ2n) is 10.6. The van der Waals surface area contributed by atoms with Crippen LogP contribution in [-0.4, -0.2) is 61.7 Å². The molecule has 0 saturated carbocycles. The van der Waals surface area contributed by atoms with E-state index >= 15 is 8.78 Å². The molecule has 2 saturated heterocycles. The van der Waals surface area contributed by atoms with Crippen molar-refractivity contribution in [2.75, 3.05) is 12.3 Å². The van der Waals surface area contributed by atoms with Gasteiger partial charge in [0.25, 0.3) is 0 Å². The molecule has 44 heavy (non-hydrogen) atoms. The van der Waals surface area contributed by atoms with Crippen molar-refractivity contribution >= 4 is 30.4 Å². The number of nitrogens with zero attached hydrogens (tertiary/aromatic N) is 4. The maximum atomic E-state index is 15.4. The number of halogens is 2. The average molecular weight is 631 g/mol. The van der Waals surface area contributed by atoms with Gasteiger partial charge in [-0.05, 0) is 31.5 Å². The normalized spacial score (nSPS) is 24.2. The predicted octanol–water partition coefficient (Wildman–Crippen LogP) is 3.45. The summed E-state index contributed by atoms with van der Waals surface area (Å²) in [4.78, 5) is 38.1. The van der Waals surface area contributed by atoms with E-state index in [0.717, 1.165) is 6.07 Å². The molecule has 0 amide bonds. The van der Waals surface area contributed by atoms with Crippen LogP contribution in [0.4, 0.5) is 14.6 Å². The zero-order chi connectivity index (χ0) is 31.3. The standard InChI is InChI=1S/C28H28F2N5O8P/c1-27(2)42-21-19(41-26(22(21)43-27)35-15-34-20-24(31)32-14-33-25(20)35)13-40-44(37,38)28(29,30)23(36)17-10-6-7-11-18(17)39-12-16-8-4-3-5-9-16/h3-11,14-15,19,21-22,26H,12-13H2,1-2H3,(H,37,38)(H2,31,32,33)/p-1/t19-,21+,22?,26-/m1/s1. The Bertz CT molecular complexity index is 1740. The largest absolute Gasteiger partial charge is 0.774 e. The Balaban J connectivity index is 1.20. The summed E-state index contributed by atoms with van der Waals surface area (Å²) in [7, 11) is -6.18. The van der Waals surface area contributed by atoms with Crippen LogP contribution in [-0.2, 0) is 29.9 Å². The van der Waals surface area contributed by atoms with Gasteiger partial charge in [0.1, 0.15) is 42.5 Å². The third-order valence-corrected chi connectivity index (χ3v) is 8.56. The van der Waals surface area contributed by atoms with Crippen LogP contribution in [0.15, 0.2) is 67.3 Å². The number of hydrogen-bond acceptors (Lipinski definition) is 12. The van der Waals surface area contributed by atoms with E-state index in [1.807, 2.05) is 0 Å². The highest BCUT2D eigenvalue weighted by Crippen LogP contribution is 2.56. The van der Waals surface area contributed by atoms with E-state index in [0.29, 0.717) is 16.7 Å². The van der Waals surface area contributed by atoms with Crippen LogP contribution >= 0.6 is 7.60 Å². The highest BCUT2D eigenvalue weighted by Gasteiger charge is 2.58. The van der Waals surface area contributed by atoms with Gasteiger partial charge < -0.3 is 38.7 Å². The number of hydrogen-bond donors (Lipinski definition) is 1. The molecule has 2 aromatic carbocycles. The van der Waals surface area contributed by atoms with Crippen molar-refractivity contribution in [1.82, 2.24) is 19.5 Å². The predicted molar refractivity (Wildman–Crippen MR) is 148 cm³/mol. The molecule has 2 aliphatic rings. The molecule has 4 heterocycles. The van der Waals surface area contributed by atoms with E-state index in [1.54, 1.807) is 44.2 Å². The van der Waals surface area contributed by atoms with Gasteiger partial charge in [0.15, 0.2) is 23.5 Å². The van der Waals surface area contributed by atoms with Crippen LogP contribution < -0.4 is 15.4 Å². The third-order valence-electron chi connectivity index (χ3n) is 7.18. The molecule has 2 unspecified atom stereocenters. The van der Waals surface area contributed by atoms with Gasteiger partial charge >= 0.3 is 5.66 Å². The highest BCUT2D eigenvalue weighted by molar-refractivity contribution is 7.54. The molecular formula is C28H27F2N5O8P-. The fourth-order valence-corrected chi connectivity index (χ4v) is 6.00. The first-order valence-electron chi connectivity index (χ1n) is 13.5. The van der Waals surface area contributed by atoms with Crippen LogP contribution in [0.25, 0.3) is 11.2 Å². The molecule has 13 nitrogen and oxygen atoms in total. The molecule has 2 fully saturated rings. The topological polar surface area (TPSA) is 173 Å². The number of carbonyl (C=O) groups is 1. The van der Waals surface area contributed by atoms with E-state index in [9.17, 15) is 14.3 Å². The zero-order valence-corrected chi connectivity index (χ0v) is 24.3. The smallest absolute Gasteiger partial charge is 0.370 e. The average Bonchev–Trinajstić information content (AvgIpc) is 3.66. The molecule has 4 aromatic rings. The van der Waals surface area contributed by atoms with Crippen molar-refractivity contribution in [2.24, 2.45) is 0 Å². The van der Waals surface area contributed by atoms with Crippen LogP contribution in [0.2, 0.25) is 0 Å². The van der Waals surface area contributed by atoms with Gasteiger partial charge in [0.2, 0.25) is 13.4 Å². The minimum absolute atomic E-state index is 0.0335. The Morgan fingerprint density at radius 2 is 1.80 bits per heavy atom. The minimum atomic E-state index is -6.18. The molecule has 2 N–H and O–H groups in total. The maximum absolute atomic E-state index is 15.4. The van der Waals surface area contributed by atoms with E-state index < -0.39 is 61.5 Å². The van der Waals surface area contributed by atoms with Gasteiger partial charge in [-0.25, -0.2) is 15.0 Å². The molecule has 232 valence electrons. The van der Waals surface area contributed by atoms with Crippen molar-refractivity contribution in [3.8, 4) is 5.75 Å². The summed E-state index contributed by atoms with van der Waals surface area (Å²) in [6, 6.07) is 14.0. The lowest BCUT2D eigenvalue weighted by atomic mass is 10.1. The van der Waals surface area contributed by atoms with Crippen LogP contribution in [0.5, 0.6) is 5.75 Å². The number of Topliss-reactive ketones (excluding diaryl/α,β-unsaturated/α-hetero) is 1. The number of alkyl halides is 2. The zero-order valence-electron chi connectivity index (χ0n) is 23.4. The lowest BCUT2D eigenvalue weighted by molar-refractivity contribution is -0.224. The Hall–Kier alpha value is -3.85. The fraction of sp³-hybridized carbons (Fsp3) is 0.357. The number of benzene rings is 2. The Kier molecular flexibility index (Phi) is 7.72. The second kappa shape index (κ2) is 11.3. The molecule has 6 rings (SSSR count). The number of fused-ring (bicyclic) bond motifs is 2. The molecule has 0 aliphatic carbocycles. The van der Waals surface area contributed by atoms with Crippen molar-refractivity contribution < 1.29 is 46.5 Å². The molecule has 0 bridgehead atoms. The van der Waals surface area contributed by atoms with Crippen molar-refractivity contribution in [1.29, 1.82) is 0 Å². The first kappa shape index (κ1) is 30.2. The lowest BCUT2D eigenvalue weighted by Gasteiger charge is -2.32. The number of nitrogens with two attached hydrogens (primary N) is 1. The number of anilines is 1. The highest BCUT2D eigenvalue weighted by atomic mass is 31.2. The van der Waals surface area contributed by atoms with E-state index in [-0.39, 0.29) is 18.2 Å². The summed E-state index contributed by atoms with van der Waals surface area (Å²) in [6.07, 6.45) is -1.29. The minimum Gasteiger partial charge on any atom is -0.774 e. The second-order valence-corrected chi connectivity index (χ2v) is 12.5. The van der Waals surface area contributed by atoms with E-state index in [1.165, 1.54) is 35.4 Å². The molecule has 2 aliphatic heterocycles. The maximum Gasteiger partial charge on any atom is 0.370 e. The number of imidazole rings is 1. The van der Waals surface area contributed by atoms with Crippen molar-refractivity contribution in [3.63, 3.8) is 0 Å². The number of nitrogen functional groups attached to an aromatic ring is 1. The lowest BCUT2D eigenvalue weighted by Crippen LogP contribution is -2.38. The number of ketones is 1. The summed E-state index contributed by atoms with van der Waals surface area (Å²) >= 11 is 0. The van der Waals surface area contributed by atoms with Crippen LogP contribution in [0, 0.1) is 0 Å². The molecular weight excluding hydrogens is 603 g/mol. The summed E-state index contributed by atoms with van der Waals surface area (Å²) < 4.78 is 73.4. The van der Waals surface area contributed by atoms with Crippen molar-refractivity contribution in [3.05, 3.63) is 78.4 Å². The quantitative estimate of drug-likeness (QED) is 0.200. The molecule has 5 atom stereocenters. The number of para-hydroxylation sites is 1. The van der Waals surface area contributed by atoms with Crippen LogP contribution in [0.1, 0.15) is 36.0 Å². The SMILES string of the molecule is CC1(C)OC2[C@@H](O1)[C@@H](COP(=O)([O-])C(F)(F)C(=O)c1ccccc1OCc1ccccc1)O[C@H]2n1cnc2c(N)ncnc21. The van der Waals surface area contributed by atoms with Gasteiger partial charge in [-0.2, -0.15) is 8.78 Å². The first-order valence-corrected chi connectivity index (χ1v) is 15.0. The third kappa shape index (κ3) is 5.47. The van der Waals surface area contributed by atoms with Gasteiger partial charge in [-0.3, -0.25) is 9.36 Å². The summed E-state index contributed by atoms with van der Waals surface area (Å²) in [5.41, 5.74) is 1.64. The fourth-order valence-electron chi connectivity index (χ4n) is 5.13.